The second-order valence-electron chi connectivity index (χ2n) is 10.5. The summed E-state index contributed by atoms with van der Waals surface area (Å²) in [6, 6.07) is 5.22. The van der Waals surface area contributed by atoms with Crippen LogP contribution in [0.3, 0.4) is 0 Å². The third-order valence-electron chi connectivity index (χ3n) is 7.69. The summed E-state index contributed by atoms with van der Waals surface area (Å²) in [5, 5.41) is 10.3. The van der Waals surface area contributed by atoms with Crippen LogP contribution in [0, 0.1) is 18.6 Å². The van der Waals surface area contributed by atoms with E-state index >= 15 is 4.39 Å². The maximum atomic E-state index is 15.8. The van der Waals surface area contributed by atoms with E-state index in [0.717, 1.165) is 29.7 Å². The Hall–Kier alpha value is -4.88. The number of carbonyl (C=O) groups is 1. The van der Waals surface area contributed by atoms with Gasteiger partial charge in [-0.2, -0.15) is 18.2 Å². The number of anilines is 1. The number of nitrogens with zero attached hydrogens (tertiary/aromatic N) is 6. The normalized spacial score (nSPS) is 16.3. The quantitative estimate of drug-likeness (QED) is 0.249. The van der Waals surface area contributed by atoms with Crippen LogP contribution in [0.5, 0.6) is 5.75 Å². The number of alkyl halides is 3. The third-order valence-corrected chi connectivity index (χ3v) is 7.69. The van der Waals surface area contributed by atoms with Crippen LogP contribution >= 0.6 is 0 Å². The van der Waals surface area contributed by atoms with Gasteiger partial charge in [-0.05, 0) is 56.7 Å². The molecule has 1 aliphatic heterocycles. The van der Waals surface area contributed by atoms with Gasteiger partial charge < -0.3 is 14.9 Å². The molecule has 1 fully saturated rings. The molecule has 230 valence electrons. The van der Waals surface area contributed by atoms with Gasteiger partial charge in [-0.3, -0.25) is 9.78 Å². The number of aromatic nitrogens is 4. The molecule has 4 aromatic rings. The van der Waals surface area contributed by atoms with Gasteiger partial charge in [0.2, 0.25) is 5.91 Å². The average Bonchev–Trinajstić information content (AvgIpc) is 2.96. The molecule has 14 heteroatoms. The lowest BCUT2D eigenvalue weighted by Crippen LogP contribution is -2.54. The second-order valence-corrected chi connectivity index (χ2v) is 10.5. The van der Waals surface area contributed by atoms with E-state index < -0.39 is 58.2 Å². The van der Waals surface area contributed by atoms with Crippen molar-refractivity contribution in [2.24, 2.45) is 0 Å². The fourth-order valence-electron chi connectivity index (χ4n) is 5.38. The number of halogens is 5. The molecule has 1 aromatic carbocycles. The molecule has 0 aliphatic carbocycles. The first kappa shape index (κ1) is 30.6. The predicted octanol–water partition coefficient (Wildman–Crippen LogP) is 5.02. The number of pyridine rings is 2. The van der Waals surface area contributed by atoms with E-state index in [-0.39, 0.29) is 53.6 Å². The maximum absolute atomic E-state index is 15.8. The summed E-state index contributed by atoms with van der Waals surface area (Å²) in [6.45, 7) is 8.21. The summed E-state index contributed by atoms with van der Waals surface area (Å²) >= 11 is 0. The number of phenolic OH excluding ortho intramolecular Hbond substituents is 1. The van der Waals surface area contributed by atoms with Crippen LogP contribution in [0.4, 0.5) is 27.8 Å². The predicted molar refractivity (Wildman–Crippen MR) is 153 cm³/mol. The van der Waals surface area contributed by atoms with Crippen LogP contribution in [-0.2, 0) is 4.79 Å². The lowest BCUT2D eigenvalue weighted by molar-refractivity contribution is -0.147. The van der Waals surface area contributed by atoms with Crippen molar-refractivity contribution >= 4 is 22.8 Å². The number of aromatic hydroxyl groups is 1. The molecule has 0 spiro atoms. The number of carbonyl (C=O) groups excluding carboxylic acids is 1. The van der Waals surface area contributed by atoms with Gasteiger partial charge in [0.05, 0.1) is 28.2 Å². The number of amides is 1. The van der Waals surface area contributed by atoms with Crippen LogP contribution in [0.15, 0.2) is 54.0 Å². The highest BCUT2D eigenvalue weighted by atomic mass is 19.4. The summed E-state index contributed by atoms with van der Waals surface area (Å²) in [6.07, 6.45) is -2.39. The maximum Gasteiger partial charge on any atom is 0.397 e. The van der Waals surface area contributed by atoms with E-state index in [2.05, 4.69) is 21.5 Å². The molecule has 0 saturated carbocycles. The number of piperazine rings is 1. The minimum atomic E-state index is -4.73. The highest BCUT2D eigenvalue weighted by Gasteiger charge is 2.40. The fraction of sp³-hybridized carbons (Fsp3) is 0.300. The van der Waals surface area contributed by atoms with Crippen LogP contribution < -0.4 is 10.6 Å². The molecule has 5 rings (SSSR count). The van der Waals surface area contributed by atoms with E-state index in [9.17, 15) is 32.3 Å². The lowest BCUT2D eigenvalue weighted by Gasteiger charge is -2.40. The monoisotopic (exact) mass is 614 g/mol. The zero-order valence-electron chi connectivity index (χ0n) is 23.9. The molecule has 1 saturated heterocycles. The molecule has 1 amide bonds. The SMILES string of the molecule is C=CC(=O)N1CCN(c2nc(=O)n(-c3c(C)ccnc3C(C)C(F)(F)F)c3nc(-c4c(O)cccc4F)c(F)cc23)[C@@H](C)C1. The van der Waals surface area contributed by atoms with Crippen LogP contribution in [-0.4, -0.2) is 67.3 Å². The molecule has 0 bridgehead atoms. The molecule has 3 aromatic heterocycles. The van der Waals surface area contributed by atoms with Crippen molar-refractivity contribution in [1.29, 1.82) is 0 Å². The van der Waals surface area contributed by atoms with Gasteiger partial charge in [-0.25, -0.2) is 23.1 Å². The molecular weight excluding hydrogens is 587 g/mol. The summed E-state index contributed by atoms with van der Waals surface area (Å²) in [5.41, 5.74) is -3.18. The molecule has 9 nitrogen and oxygen atoms in total. The molecule has 1 N–H and O–H groups in total. The first-order valence-electron chi connectivity index (χ1n) is 13.6. The molecule has 1 unspecified atom stereocenters. The minimum absolute atomic E-state index is 0.0258. The average molecular weight is 615 g/mol. The van der Waals surface area contributed by atoms with Crippen molar-refractivity contribution in [3.05, 3.63) is 82.6 Å². The lowest BCUT2D eigenvalue weighted by atomic mass is 10.0. The summed E-state index contributed by atoms with van der Waals surface area (Å²) in [7, 11) is 0. The van der Waals surface area contributed by atoms with Crippen molar-refractivity contribution in [2.75, 3.05) is 24.5 Å². The topological polar surface area (TPSA) is 104 Å². The Labute approximate surface area is 247 Å². The van der Waals surface area contributed by atoms with E-state index in [1.165, 1.54) is 31.3 Å². The van der Waals surface area contributed by atoms with Crippen molar-refractivity contribution in [3.63, 3.8) is 0 Å². The van der Waals surface area contributed by atoms with Gasteiger partial charge in [0.25, 0.3) is 0 Å². The Morgan fingerprint density at radius 2 is 1.89 bits per heavy atom. The number of fused-ring (bicyclic) bond motifs is 1. The largest absolute Gasteiger partial charge is 0.507 e. The molecular formula is C30H27F5N6O3. The van der Waals surface area contributed by atoms with E-state index in [0.29, 0.717) is 0 Å². The van der Waals surface area contributed by atoms with E-state index in [1.807, 2.05) is 0 Å². The van der Waals surface area contributed by atoms with Crippen molar-refractivity contribution in [2.45, 2.75) is 38.9 Å². The minimum Gasteiger partial charge on any atom is -0.507 e. The van der Waals surface area contributed by atoms with Crippen molar-refractivity contribution in [1.82, 2.24) is 24.4 Å². The summed E-state index contributed by atoms with van der Waals surface area (Å²) in [5.74, 6) is -5.18. The van der Waals surface area contributed by atoms with Gasteiger partial charge in [-0.1, -0.05) is 12.6 Å². The smallest absolute Gasteiger partial charge is 0.397 e. The van der Waals surface area contributed by atoms with Crippen molar-refractivity contribution in [3.8, 4) is 22.7 Å². The Balaban J connectivity index is 1.85. The third kappa shape index (κ3) is 5.24. The van der Waals surface area contributed by atoms with Gasteiger partial charge in [0.15, 0.2) is 11.5 Å². The highest BCUT2D eigenvalue weighted by molar-refractivity contribution is 5.91. The molecule has 44 heavy (non-hydrogen) atoms. The summed E-state index contributed by atoms with van der Waals surface area (Å²) in [4.78, 5) is 41.7. The van der Waals surface area contributed by atoms with Crippen LogP contribution in [0.25, 0.3) is 28.0 Å². The summed E-state index contributed by atoms with van der Waals surface area (Å²) < 4.78 is 73.4. The Morgan fingerprint density at radius 1 is 1.16 bits per heavy atom. The first-order valence-corrected chi connectivity index (χ1v) is 13.6. The standard InChI is InChI=1S/C30H27F5N6O3/c1-5-22(43)39-11-12-40(16(3)14-39)27-18-13-20(32)25(23-19(31)7-6-8-21(23)42)37-28(18)41(29(44)38-27)26-15(2)9-10-36-24(26)17(4)30(33,34)35/h5-10,13,16-17,42H,1,11-12,14H2,2-4H3/t16-,17?/m0/s1. The Morgan fingerprint density at radius 3 is 2.52 bits per heavy atom. The van der Waals surface area contributed by atoms with Crippen LogP contribution in [0.2, 0.25) is 0 Å². The van der Waals surface area contributed by atoms with Gasteiger partial charge >= 0.3 is 11.9 Å². The van der Waals surface area contributed by atoms with Gasteiger partial charge in [-0.15, -0.1) is 0 Å². The second kappa shape index (κ2) is 11.3. The zero-order valence-corrected chi connectivity index (χ0v) is 23.9. The van der Waals surface area contributed by atoms with Crippen LogP contribution in [0.1, 0.15) is 31.0 Å². The number of phenols is 1. The fourth-order valence-corrected chi connectivity index (χ4v) is 5.38. The van der Waals surface area contributed by atoms with E-state index in [4.69, 9.17) is 0 Å². The Bertz CT molecular complexity index is 1840. The number of hydrogen-bond acceptors (Lipinski definition) is 7. The van der Waals surface area contributed by atoms with Gasteiger partial charge in [0.1, 0.15) is 23.1 Å². The van der Waals surface area contributed by atoms with Crippen molar-refractivity contribution < 1.29 is 31.9 Å². The molecule has 0 radical (unpaired) electrons. The highest BCUT2D eigenvalue weighted by Crippen LogP contribution is 2.39. The number of benzene rings is 1. The Kier molecular flexibility index (Phi) is 7.87. The number of hydrogen-bond donors (Lipinski definition) is 1. The van der Waals surface area contributed by atoms with E-state index in [1.54, 1.807) is 16.7 Å². The molecule has 1 aliphatic rings. The van der Waals surface area contributed by atoms with Gasteiger partial charge in [0, 0.05) is 31.9 Å². The first-order chi connectivity index (χ1) is 20.7. The number of rotatable bonds is 5. The zero-order chi connectivity index (χ0) is 32.1. The molecule has 4 heterocycles. The molecule has 2 atom stereocenters. The number of aryl methyl sites for hydroxylation is 1.